The molecule has 0 unspecified atom stereocenters. The summed E-state index contributed by atoms with van der Waals surface area (Å²) < 4.78 is 37.6. The molecule has 134 valence electrons. The molecule has 8 heteroatoms. The number of pyridine rings is 1. The van der Waals surface area contributed by atoms with Crippen LogP contribution < -0.4 is 10.6 Å². The molecule has 5 nitrogen and oxygen atoms in total. The van der Waals surface area contributed by atoms with Gasteiger partial charge >= 0.3 is 6.18 Å². The number of aromatic nitrogens is 1. The number of carbonyl (C=O) groups is 1. The Morgan fingerprint density at radius 1 is 1.08 bits per heavy atom. The van der Waals surface area contributed by atoms with Gasteiger partial charge in [0.1, 0.15) is 5.69 Å². The van der Waals surface area contributed by atoms with Gasteiger partial charge in [-0.05, 0) is 50.5 Å². The number of likely N-dealkylation sites (N-methyl/N-ethyl adjacent to an activating group) is 1. The van der Waals surface area contributed by atoms with Gasteiger partial charge in [0.25, 0.3) is 5.91 Å². The molecule has 0 aliphatic rings. The van der Waals surface area contributed by atoms with Crippen LogP contribution in [0.5, 0.6) is 0 Å². The molecule has 1 aromatic carbocycles. The molecule has 2 rings (SSSR count). The fraction of sp³-hybridized carbons (Fsp3) is 0.294. The van der Waals surface area contributed by atoms with Crippen molar-refractivity contribution in [2.24, 2.45) is 0 Å². The minimum absolute atomic E-state index is 0.275. The highest BCUT2D eigenvalue weighted by atomic mass is 19.4. The van der Waals surface area contributed by atoms with Crippen molar-refractivity contribution in [3.05, 3.63) is 53.9 Å². The fourth-order valence-corrected chi connectivity index (χ4v) is 1.99. The SMILES string of the molecule is CN(C)CCNC(=O)c1ccc(Nc2ccc(C(F)(F)F)cc2)cn1. The molecule has 0 atom stereocenters. The van der Waals surface area contributed by atoms with Gasteiger partial charge in [-0.2, -0.15) is 13.2 Å². The number of anilines is 2. The van der Waals surface area contributed by atoms with Crippen molar-refractivity contribution in [1.29, 1.82) is 0 Å². The number of amides is 1. The minimum Gasteiger partial charge on any atom is -0.354 e. The van der Waals surface area contributed by atoms with E-state index in [4.69, 9.17) is 0 Å². The first-order valence-corrected chi connectivity index (χ1v) is 7.59. The van der Waals surface area contributed by atoms with Gasteiger partial charge in [-0.3, -0.25) is 4.79 Å². The van der Waals surface area contributed by atoms with Crippen LogP contribution >= 0.6 is 0 Å². The standard InChI is InChI=1S/C17H19F3N4O/c1-24(2)10-9-21-16(25)15-8-7-14(11-22-15)23-13-5-3-12(4-6-13)17(18,19)20/h3-8,11,23H,9-10H2,1-2H3,(H,21,25). The van der Waals surface area contributed by atoms with Gasteiger partial charge in [0.2, 0.25) is 0 Å². The molecule has 0 aliphatic heterocycles. The van der Waals surface area contributed by atoms with E-state index in [2.05, 4.69) is 15.6 Å². The van der Waals surface area contributed by atoms with Crippen molar-refractivity contribution in [2.75, 3.05) is 32.5 Å². The predicted octanol–water partition coefficient (Wildman–Crippen LogP) is 3.14. The van der Waals surface area contributed by atoms with Crippen LogP contribution in [0.2, 0.25) is 0 Å². The van der Waals surface area contributed by atoms with Crippen LogP contribution in [0.1, 0.15) is 16.1 Å². The van der Waals surface area contributed by atoms with Gasteiger partial charge in [-0.15, -0.1) is 0 Å². The fourth-order valence-electron chi connectivity index (χ4n) is 1.99. The lowest BCUT2D eigenvalue weighted by atomic mass is 10.2. The third-order valence-corrected chi connectivity index (χ3v) is 3.34. The average molecular weight is 352 g/mol. The van der Waals surface area contributed by atoms with E-state index in [-0.39, 0.29) is 11.6 Å². The Hall–Kier alpha value is -2.61. The third-order valence-electron chi connectivity index (χ3n) is 3.34. The number of nitrogens with zero attached hydrogens (tertiary/aromatic N) is 2. The van der Waals surface area contributed by atoms with Gasteiger partial charge in [-0.25, -0.2) is 4.98 Å². The van der Waals surface area contributed by atoms with Crippen LogP contribution in [0, 0.1) is 0 Å². The maximum Gasteiger partial charge on any atom is 0.416 e. The summed E-state index contributed by atoms with van der Waals surface area (Å²) in [6, 6.07) is 7.88. The summed E-state index contributed by atoms with van der Waals surface area (Å²) in [6.45, 7) is 1.23. The summed E-state index contributed by atoms with van der Waals surface area (Å²) >= 11 is 0. The van der Waals surface area contributed by atoms with Crippen molar-refractivity contribution in [3.63, 3.8) is 0 Å². The normalized spacial score (nSPS) is 11.4. The zero-order chi connectivity index (χ0) is 18.4. The lowest BCUT2D eigenvalue weighted by molar-refractivity contribution is -0.137. The zero-order valence-corrected chi connectivity index (χ0v) is 13.9. The molecule has 0 bridgehead atoms. The Bertz CT molecular complexity index is 697. The van der Waals surface area contributed by atoms with Crippen LogP contribution in [0.25, 0.3) is 0 Å². The van der Waals surface area contributed by atoms with Gasteiger partial charge in [0.05, 0.1) is 17.4 Å². The second-order valence-electron chi connectivity index (χ2n) is 5.69. The van der Waals surface area contributed by atoms with Crippen molar-refractivity contribution < 1.29 is 18.0 Å². The van der Waals surface area contributed by atoms with E-state index < -0.39 is 11.7 Å². The van der Waals surface area contributed by atoms with Crippen molar-refractivity contribution in [2.45, 2.75) is 6.18 Å². The number of hydrogen-bond donors (Lipinski definition) is 2. The molecule has 1 aromatic heterocycles. The highest BCUT2D eigenvalue weighted by Gasteiger charge is 2.29. The van der Waals surface area contributed by atoms with E-state index in [1.165, 1.54) is 18.3 Å². The van der Waals surface area contributed by atoms with Crippen molar-refractivity contribution in [3.8, 4) is 0 Å². The molecule has 0 saturated heterocycles. The van der Waals surface area contributed by atoms with Crippen molar-refractivity contribution >= 4 is 17.3 Å². The number of benzene rings is 1. The number of hydrogen-bond acceptors (Lipinski definition) is 4. The molecule has 2 N–H and O–H groups in total. The van der Waals surface area contributed by atoms with E-state index in [9.17, 15) is 18.0 Å². The van der Waals surface area contributed by atoms with Crippen LogP contribution in [0.15, 0.2) is 42.6 Å². The number of carbonyl (C=O) groups excluding carboxylic acids is 1. The first kappa shape index (κ1) is 18.7. The second kappa shape index (κ2) is 7.98. The lowest BCUT2D eigenvalue weighted by Gasteiger charge is -2.11. The summed E-state index contributed by atoms with van der Waals surface area (Å²) in [5.41, 5.74) is 0.639. The summed E-state index contributed by atoms with van der Waals surface area (Å²) in [7, 11) is 3.82. The average Bonchev–Trinajstić information content (AvgIpc) is 2.55. The van der Waals surface area contributed by atoms with Crippen LogP contribution in [0.4, 0.5) is 24.5 Å². The Kier molecular flexibility index (Phi) is 5.97. The van der Waals surface area contributed by atoms with E-state index in [0.29, 0.717) is 17.9 Å². The molecule has 0 radical (unpaired) electrons. The maximum absolute atomic E-state index is 12.5. The topological polar surface area (TPSA) is 57.3 Å². The molecule has 1 heterocycles. The molecule has 0 aliphatic carbocycles. The summed E-state index contributed by atoms with van der Waals surface area (Å²) in [6.07, 6.45) is -2.90. The Morgan fingerprint density at radius 2 is 1.72 bits per heavy atom. The minimum atomic E-state index is -4.36. The first-order chi connectivity index (χ1) is 11.8. The summed E-state index contributed by atoms with van der Waals surface area (Å²) in [5.74, 6) is -0.275. The number of rotatable bonds is 6. The molecule has 25 heavy (non-hydrogen) atoms. The molecule has 2 aromatic rings. The molecule has 1 amide bonds. The zero-order valence-electron chi connectivity index (χ0n) is 13.9. The predicted molar refractivity (Wildman–Crippen MR) is 89.9 cm³/mol. The van der Waals surface area contributed by atoms with E-state index in [1.807, 2.05) is 19.0 Å². The molecule has 0 saturated carbocycles. The third kappa shape index (κ3) is 5.75. The van der Waals surface area contributed by atoms with Crippen LogP contribution in [0.3, 0.4) is 0 Å². The van der Waals surface area contributed by atoms with Gasteiger partial charge in [0, 0.05) is 18.8 Å². The highest BCUT2D eigenvalue weighted by Crippen LogP contribution is 2.30. The van der Waals surface area contributed by atoms with Gasteiger partial charge < -0.3 is 15.5 Å². The highest BCUT2D eigenvalue weighted by molar-refractivity contribution is 5.92. The maximum atomic E-state index is 12.5. The number of nitrogens with one attached hydrogen (secondary N) is 2. The van der Waals surface area contributed by atoms with Gasteiger partial charge in [0.15, 0.2) is 0 Å². The molecule has 0 spiro atoms. The Balaban J connectivity index is 1.95. The number of alkyl halides is 3. The van der Waals surface area contributed by atoms with E-state index in [1.54, 1.807) is 12.1 Å². The largest absolute Gasteiger partial charge is 0.416 e. The van der Waals surface area contributed by atoms with Gasteiger partial charge in [-0.1, -0.05) is 0 Å². The van der Waals surface area contributed by atoms with E-state index in [0.717, 1.165) is 18.7 Å². The second-order valence-corrected chi connectivity index (χ2v) is 5.69. The first-order valence-electron chi connectivity index (χ1n) is 7.59. The Labute approximate surface area is 143 Å². The quantitative estimate of drug-likeness (QED) is 0.839. The lowest BCUT2D eigenvalue weighted by Crippen LogP contribution is -2.31. The van der Waals surface area contributed by atoms with E-state index >= 15 is 0 Å². The molecular formula is C17H19F3N4O. The van der Waals surface area contributed by atoms with Crippen molar-refractivity contribution in [1.82, 2.24) is 15.2 Å². The molecular weight excluding hydrogens is 333 g/mol. The smallest absolute Gasteiger partial charge is 0.354 e. The summed E-state index contributed by atoms with van der Waals surface area (Å²) in [5, 5.41) is 5.69. The Morgan fingerprint density at radius 3 is 2.24 bits per heavy atom. The monoisotopic (exact) mass is 352 g/mol. The molecule has 0 fully saturated rings. The van der Waals surface area contributed by atoms with Crippen LogP contribution in [-0.2, 0) is 6.18 Å². The number of halogens is 3. The van der Waals surface area contributed by atoms with Crippen LogP contribution in [-0.4, -0.2) is 43.0 Å². The summed E-state index contributed by atoms with van der Waals surface area (Å²) in [4.78, 5) is 17.9.